The summed E-state index contributed by atoms with van der Waals surface area (Å²) in [6.07, 6.45) is 2.37. The van der Waals surface area contributed by atoms with E-state index in [0.717, 1.165) is 11.1 Å². The molecule has 0 fully saturated rings. The molecule has 208 valence electrons. The molecule has 2 aliphatic rings. The number of rotatable bonds is 10. The van der Waals surface area contributed by atoms with Gasteiger partial charge in [0.1, 0.15) is 41.0 Å². The van der Waals surface area contributed by atoms with Crippen molar-refractivity contribution in [1.82, 2.24) is 0 Å². The maximum atomic E-state index is 15.1. The molecule has 0 amide bonds. The van der Waals surface area contributed by atoms with Crippen LogP contribution in [0.1, 0.15) is 79.4 Å². The Morgan fingerprint density at radius 1 is 1.18 bits per heavy atom. The summed E-state index contributed by atoms with van der Waals surface area (Å²) in [5.74, 6) is 0.912. The zero-order chi connectivity index (χ0) is 28.4. The summed E-state index contributed by atoms with van der Waals surface area (Å²) in [5, 5.41) is 28.7. The number of aryl methyl sites for hydroxylation is 1. The molecule has 1 aliphatic carbocycles. The first kappa shape index (κ1) is 27.5. The molecule has 0 radical (unpaired) electrons. The summed E-state index contributed by atoms with van der Waals surface area (Å²) in [6.45, 7) is 3.93. The first-order chi connectivity index (χ1) is 19.1. The Balaban J connectivity index is 1.32. The third-order valence-corrected chi connectivity index (χ3v) is 7.50. The molecular formula is C32H32FNO6. The maximum Gasteiger partial charge on any atom is 0.303 e. The van der Waals surface area contributed by atoms with Gasteiger partial charge in [0.05, 0.1) is 17.8 Å². The first-order valence-corrected chi connectivity index (χ1v) is 13.5. The van der Waals surface area contributed by atoms with Crippen LogP contribution >= 0.6 is 0 Å². The Kier molecular flexibility index (Phi) is 7.68. The number of benzene rings is 3. The van der Waals surface area contributed by atoms with Crippen molar-refractivity contribution in [3.8, 4) is 29.1 Å². The Labute approximate surface area is 232 Å². The minimum absolute atomic E-state index is 0.0263. The summed E-state index contributed by atoms with van der Waals surface area (Å²) in [4.78, 5) is 10.9. The van der Waals surface area contributed by atoms with Crippen molar-refractivity contribution in [2.24, 2.45) is 0 Å². The van der Waals surface area contributed by atoms with Gasteiger partial charge in [-0.05, 0) is 81.8 Å². The van der Waals surface area contributed by atoms with Crippen LogP contribution in [-0.2, 0) is 17.6 Å². The topological polar surface area (TPSA) is 109 Å². The smallest absolute Gasteiger partial charge is 0.303 e. The van der Waals surface area contributed by atoms with Gasteiger partial charge in [-0.25, -0.2) is 4.39 Å². The van der Waals surface area contributed by atoms with Gasteiger partial charge < -0.3 is 24.4 Å². The van der Waals surface area contributed by atoms with Gasteiger partial charge in [-0.3, -0.25) is 4.79 Å². The van der Waals surface area contributed by atoms with E-state index in [2.05, 4.69) is 6.07 Å². The average molecular weight is 546 g/mol. The van der Waals surface area contributed by atoms with E-state index < -0.39 is 17.7 Å². The maximum absolute atomic E-state index is 15.1. The number of halogens is 1. The minimum Gasteiger partial charge on any atom is -0.493 e. The highest BCUT2D eigenvalue weighted by atomic mass is 19.1. The molecule has 2 N–H and O–H groups in total. The lowest BCUT2D eigenvalue weighted by Crippen LogP contribution is -2.19. The number of ether oxygens (including phenoxy) is 3. The van der Waals surface area contributed by atoms with Crippen LogP contribution < -0.4 is 14.2 Å². The fraction of sp³-hybridized carbons (Fsp3) is 0.375. The average Bonchev–Trinajstić information content (AvgIpc) is 3.52. The van der Waals surface area contributed by atoms with Gasteiger partial charge in [-0.1, -0.05) is 12.1 Å². The number of carbonyl (C=O) groups is 1. The second kappa shape index (κ2) is 11.2. The van der Waals surface area contributed by atoms with Crippen LogP contribution in [0.5, 0.6) is 23.0 Å². The monoisotopic (exact) mass is 545 g/mol. The molecule has 0 unspecified atom stereocenters. The van der Waals surface area contributed by atoms with E-state index in [4.69, 9.17) is 19.3 Å². The quantitative estimate of drug-likeness (QED) is 0.295. The third-order valence-electron chi connectivity index (χ3n) is 7.50. The molecule has 2 atom stereocenters. The molecule has 7 nitrogen and oxygen atoms in total. The Morgan fingerprint density at radius 2 is 1.98 bits per heavy atom. The number of nitrogens with zero attached hydrogens (tertiary/aromatic N) is 1. The van der Waals surface area contributed by atoms with Crippen LogP contribution in [0, 0.1) is 17.1 Å². The van der Waals surface area contributed by atoms with Gasteiger partial charge >= 0.3 is 5.97 Å². The largest absolute Gasteiger partial charge is 0.493 e. The van der Waals surface area contributed by atoms with Crippen LogP contribution in [-0.4, -0.2) is 28.4 Å². The van der Waals surface area contributed by atoms with E-state index in [9.17, 15) is 15.2 Å². The van der Waals surface area contributed by atoms with Gasteiger partial charge in [0, 0.05) is 35.1 Å². The minimum atomic E-state index is -0.832. The fourth-order valence-corrected chi connectivity index (χ4v) is 5.36. The lowest BCUT2D eigenvalue weighted by molar-refractivity contribution is -0.137. The number of carboxylic acids is 1. The van der Waals surface area contributed by atoms with Gasteiger partial charge in [-0.15, -0.1) is 0 Å². The summed E-state index contributed by atoms with van der Waals surface area (Å²) >= 11 is 0. The second-order valence-electron chi connectivity index (χ2n) is 11.1. The highest BCUT2D eigenvalue weighted by Gasteiger charge is 2.32. The summed E-state index contributed by atoms with van der Waals surface area (Å²) < 4.78 is 33.2. The van der Waals surface area contributed by atoms with Crippen molar-refractivity contribution in [2.75, 3.05) is 6.61 Å². The molecule has 8 heteroatoms. The predicted molar refractivity (Wildman–Crippen MR) is 145 cm³/mol. The van der Waals surface area contributed by atoms with Crippen molar-refractivity contribution >= 4 is 5.97 Å². The van der Waals surface area contributed by atoms with E-state index >= 15 is 4.39 Å². The van der Waals surface area contributed by atoms with E-state index in [-0.39, 0.29) is 18.2 Å². The number of hydrogen-bond donors (Lipinski definition) is 2. The zero-order valence-electron chi connectivity index (χ0n) is 22.6. The standard InChI is InChI=1S/C32H32FNO6/c1-32(2,37)14-13-19-3-9-26(21(15-19)17-34)40-27-11-8-25(33)31-24(27)7-10-28(31)39-22-5-6-23-20(4-12-30(35)36)18-38-29(23)16-22/h3,5-6,8-9,11,15-16,20,28,37H,4,7,10,12-14,18H2,1-2H3,(H,35,36)/t20-,28-/m1/s1. The van der Waals surface area contributed by atoms with Gasteiger partial charge in [0.25, 0.3) is 0 Å². The zero-order valence-corrected chi connectivity index (χ0v) is 22.6. The molecular weight excluding hydrogens is 513 g/mol. The third kappa shape index (κ3) is 6.05. The molecule has 0 aromatic heterocycles. The Hall–Kier alpha value is -4.09. The molecule has 0 spiro atoms. The lowest BCUT2D eigenvalue weighted by Gasteiger charge is -2.18. The van der Waals surface area contributed by atoms with Gasteiger partial charge in [0.15, 0.2) is 0 Å². The van der Waals surface area contributed by atoms with Crippen molar-refractivity contribution in [3.05, 3.63) is 82.2 Å². The number of aliphatic carboxylic acids is 1. The van der Waals surface area contributed by atoms with Crippen LogP contribution in [0.25, 0.3) is 0 Å². The number of aliphatic hydroxyl groups is 1. The highest BCUT2D eigenvalue weighted by molar-refractivity contribution is 5.66. The molecule has 0 saturated heterocycles. The highest BCUT2D eigenvalue weighted by Crippen LogP contribution is 2.44. The Bertz CT molecular complexity index is 1470. The van der Waals surface area contributed by atoms with Crippen LogP contribution in [0.2, 0.25) is 0 Å². The van der Waals surface area contributed by atoms with Crippen molar-refractivity contribution in [2.45, 2.75) is 70.0 Å². The molecule has 1 heterocycles. The lowest BCUT2D eigenvalue weighted by atomic mass is 9.96. The number of fused-ring (bicyclic) bond motifs is 2. The number of hydrogen-bond acceptors (Lipinski definition) is 6. The summed E-state index contributed by atoms with van der Waals surface area (Å²) in [5.41, 5.74) is 2.62. The van der Waals surface area contributed by atoms with Gasteiger partial charge in [0.2, 0.25) is 0 Å². The van der Waals surface area contributed by atoms with Crippen LogP contribution in [0.3, 0.4) is 0 Å². The molecule has 3 aromatic carbocycles. The van der Waals surface area contributed by atoms with Crippen molar-refractivity contribution in [1.29, 1.82) is 5.26 Å². The number of carboxylic acid groups (broad SMARTS) is 1. The SMILES string of the molecule is CC(C)(O)CCc1ccc(Oc2ccc(F)c3c2CC[C@H]3Oc2ccc3c(c2)OC[C@H]3CCC(=O)O)c(C#N)c1. The normalized spacial score (nSPS) is 17.5. The molecule has 5 rings (SSSR count). The van der Waals surface area contributed by atoms with E-state index in [1.165, 1.54) is 6.07 Å². The van der Waals surface area contributed by atoms with E-state index in [1.54, 1.807) is 38.1 Å². The summed E-state index contributed by atoms with van der Waals surface area (Å²) in [7, 11) is 0. The Morgan fingerprint density at radius 3 is 2.73 bits per heavy atom. The van der Waals surface area contributed by atoms with Crippen molar-refractivity contribution in [3.63, 3.8) is 0 Å². The first-order valence-electron chi connectivity index (χ1n) is 13.5. The van der Waals surface area contributed by atoms with Crippen molar-refractivity contribution < 1.29 is 33.6 Å². The molecule has 0 saturated carbocycles. The van der Waals surface area contributed by atoms with E-state index in [0.29, 0.717) is 78.4 Å². The molecule has 3 aromatic rings. The van der Waals surface area contributed by atoms with Crippen LogP contribution in [0.4, 0.5) is 4.39 Å². The fourth-order valence-electron chi connectivity index (χ4n) is 5.36. The molecule has 1 aliphatic heterocycles. The summed E-state index contributed by atoms with van der Waals surface area (Å²) in [6, 6.07) is 16.0. The van der Waals surface area contributed by atoms with Gasteiger partial charge in [-0.2, -0.15) is 5.26 Å². The van der Waals surface area contributed by atoms with E-state index in [1.807, 2.05) is 18.2 Å². The van der Waals surface area contributed by atoms with Crippen LogP contribution in [0.15, 0.2) is 48.5 Å². The molecule has 40 heavy (non-hydrogen) atoms. The second-order valence-corrected chi connectivity index (χ2v) is 11.1. The predicted octanol–water partition coefficient (Wildman–Crippen LogP) is 6.60. The molecule has 0 bridgehead atoms. The number of nitriles is 1.